The van der Waals surface area contributed by atoms with Crippen LogP contribution in [0.4, 0.5) is 0 Å². The molecule has 0 unspecified atom stereocenters. The van der Waals surface area contributed by atoms with E-state index in [9.17, 15) is 13.2 Å². The quantitative estimate of drug-likeness (QED) is 0.692. The number of amides is 1. The Balaban J connectivity index is 0.00000312. The van der Waals surface area contributed by atoms with Crippen molar-refractivity contribution in [3.63, 3.8) is 0 Å². The summed E-state index contributed by atoms with van der Waals surface area (Å²) in [6.07, 6.45) is 0. The van der Waals surface area contributed by atoms with Gasteiger partial charge in [-0.1, -0.05) is 13.8 Å². The number of hydrogen-bond acceptors (Lipinski definition) is 5. The van der Waals surface area contributed by atoms with Gasteiger partial charge in [-0.2, -0.15) is 4.31 Å². The van der Waals surface area contributed by atoms with Crippen LogP contribution >= 0.6 is 12.4 Å². The van der Waals surface area contributed by atoms with Gasteiger partial charge in [0.2, 0.25) is 10.0 Å². The number of rotatable bonds is 8. The van der Waals surface area contributed by atoms with Crippen LogP contribution in [-0.2, 0) is 10.0 Å². The lowest BCUT2D eigenvalue weighted by Gasteiger charge is -2.27. The molecule has 2 N–H and O–H groups in total. The minimum absolute atomic E-state index is 0. The summed E-state index contributed by atoms with van der Waals surface area (Å²) < 4.78 is 31.8. The van der Waals surface area contributed by atoms with Gasteiger partial charge in [0, 0.05) is 38.6 Å². The second kappa shape index (κ2) is 9.38. The van der Waals surface area contributed by atoms with Gasteiger partial charge in [0.25, 0.3) is 5.91 Å². The number of nitrogens with zero attached hydrogens (tertiary/aromatic N) is 1. The standard InChI is InChI=1S/C16H25N3O4S.ClH/c1-4-19(5-2)24(21,22)13-6-7-15(23-3)14(8-13)16(20)18-11-12-9-17-10-12;/h6-8,12,17H,4-5,9-11H2,1-3H3,(H,18,20);1H. The first-order valence-corrected chi connectivity index (χ1v) is 9.55. The molecule has 0 aliphatic carbocycles. The molecule has 1 heterocycles. The lowest BCUT2D eigenvalue weighted by atomic mass is 10.0. The molecule has 0 saturated carbocycles. The van der Waals surface area contributed by atoms with Gasteiger partial charge in [0.15, 0.2) is 0 Å². The highest BCUT2D eigenvalue weighted by Crippen LogP contribution is 2.24. The molecule has 7 nitrogen and oxygen atoms in total. The third-order valence-corrected chi connectivity index (χ3v) is 6.22. The summed E-state index contributed by atoms with van der Waals surface area (Å²) in [6.45, 7) is 6.64. The van der Waals surface area contributed by atoms with Crippen LogP contribution in [0.5, 0.6) is 5.75 Å². The number of benzene rings is 1. The van der Waals surface area contributed by atoms with E-state index in [1.165, 1.54) is 29.6 Å². The molecule has 1 aromatic rings. The van der Waals surface area contributed by atoms with E-state index >= 15 is 0 Å². The van der Waals surface area contributed by atoms with Gasteiger partial charge in [0.05, 0.1) is 17.6 Å². The number of nitrogens with one attached hydrogen (secondary N) is 2. The second-order valence-corrected chi connectivity index (χ2v) is 7.62. The highest BCUT2D eigenvalue weighted by atomic mass is 35.5. The van der Waals surface area contributed by atoms with Gasteiger partial charge in [-0.3, -0.25) is 4.79 Å². The molecular formula is C16H26ClN3O4S. The molecule has 0 atom stereocenters. The van der Waals surface area contributed by atoms with E-state index in [0.29, 0.717) is 31.3 Å². The Labute approximate surface area is 155 Å². The van der Waals surface area contributed by atoms with Crippen LogP contribution in [0, 0.1) is 5.92 Å². The number of carbonyl (C=O) groups excluding carboxylic acids is 1. The summed E-state index contributed by atoms with van der Waals surface area (Å²) in [5, 5.41) is 5.98. The van der Waals surface area contributed by atoms with Crippen molar-refractivity contribution in [3.8, 4) is 5.75 Å². The predicted octanol–water partition coefficient (Wildman–Crippen LogP) is 1.10. The van der Waals surface area contributed by atoms with Crippen molar-refractivity contribution in [2.75, 3.05) is 39.8 Å². The summed E-state index contributed by atoms with van der Waals surface area (Å²) in [6, 6.07) is 4.39. The van der Waals surface area contributed by atoms with Crippen molar-refractivity contribution < 1.29 is 17.9 Å². The number of sulfonamides is 1. The first-order valence-electron chi connectivity index (χ1n) is 8.11. The van der Waals surface area contributed by atoms with Crippen LogP contribution in [0.1, 0.15) is 24.2 Å². The third kappa shape index (κ3) is 4.84. The normalized spacial score (nSPS) is 14.6. The predicted molar refractivity (Wildman–Crippen MR) is 99.0 cm³/mol. The zero-order valence-electron chi connectivity index (χ0n) is 14.7. The van der Waals surface area contributed by atoms with E-state index in [0.717, 1.165) is 13.1 Å². The van der Waals surface area contributed by atoms with Crippen LogP contribution < -0.4 is 15.4 Å². The Kier molecular flexibility index (Phi) is 8.14. The number of halogens is 1. The van der Waals surface area contributed by atoms with Gasteiger partial charge in [-0.25, -0.2) is 8.42 Å². The number of methoxy groups -OCH3 is 1. The largest absolute Gasteiger partial charge is 0.496 e. The highest BCUT2D eigenvalue weighted by Gasteiger charge is 2.25. The van der Waals surface area contributed by atoms with Gasteiger partial charge in [0.1, 0.15) is 5.75 Å². The molecule has 0 radical (unpaired) electrons. The smallest absolute Gasteiger partial charge is 0.255 e. The first kappa shape index (κ1) is 21.7. The van der Waals surface area contributed by atoms with E-state index in [1.807, 2.05) is 0 Å². The van der Waals surface area contributed by atoms with Crippen molar-refractivity contribution in [1.82, 2.24) is 14.9 Å². The molecule has 1 fully saturated rings. The maximum Gasteiger partial charge on any atom is 0.255 e. The lowest BCUT2D eigenvalue weighted by Crippen LogP contribution is -2.48. The summed E-state index contributed by atoms with van der Waals surface area (Å²) in [7, 11) is -2.16. The van der Waals surface area contributed by atoms with E-state index < -0.39 is 10.0 Å². The molecule has 9 heteroatoms. The van der Waals surface area contributed by atoms with Crippen molar-refractivity contribution in [3.05, 3.63) is 23.8 Å². The van der Waals surface area contributed by atoms with Gasteiger partial charge in [-0.15, -0.1) is 12.4 Å². The van der Waals surface area contributed by atoms with Crippen LogP contribution in [0.2, 0.25) is 0 Å². The summed E-state index contributed by atoms with van der Waals surface area (Å²) >= 11 is 0. The SMILES string of the molecule is CCN(CC)S(=O)(=O)c1ccc(OC)c(C(=O)NCC2CNC2)c1.Cl. The molecule has 0 spiro atoms. The molecular weight excluding hydrogens is 366 g/mol. The first-order chi connectivity index (χ1) is 11.4. The average molecular weight is 392 g/mol. The monoisotopic (exact) mass is 391 g/mol. The van der Waals surface area contributed by atoms with E-state index in [1.54, 1.807) is 13.8 Å². The molecule has 1 aromatic carbocycles. The second-order valence-electron chi connectivity index (χ2n) is 5.69. The molecule has 1 aliphatic rings. The van der Waals surface area contributed by atoms with Gasteiger partial charge in [-0.05, 0) is 18.2 Å². The number of ether oxygens (including phenoxy) is 1. The zero-order valence-corrected chi connectivity index (χ0v) is 16.4. The van der Waals surface area contributed by atoms with E-state index in [2.05, 4.69) is 10.6 Å². The summed E-state index contributed by atoms with van der Waals surface area (Å²) in [5.74, 6) is 0.454. The Bertz CT molecular complexity index is 689. The fraction of sp³-hybridized carbons (Fsp3) is 0.562. The minimum Gasteiger partial charge on any atom is -0.496 e. The fourth-order valence-electron chi connectivity index (χ4n) is 2.56. The van der Waals surface area contributed by atoms with Crippen LogP contribution in [-0.4, -0.2) is 58.5 Å². The maximum atomic E-state index is 12.6. The van der Waals surface area contributed by atoms with Crippen molar-refractivity contribution in [2.45, 2.75) is 18.7 Å². The third-order valence-electron chi connectivity index (χ3n) is 4.18. The van der Waals surface area contributed by atoms with Crippen molar-refractivity contribution in [1.29, 1.82) is 0 Å². The number of carbonyl (C=O) groups is 1. The summed E-state index contributed by atoms with van der Waals surface area (Å²) in [4.78, 5) is 12.5. The fourth-order valence-corrected chi connectivity index (χ4v) is 4.05. The van der Waals surface area contributed by atoms with E-state index in [-0.39, 0.29) is 28.8 Å². The Morgan fingerprint density at radius 2 is 1.96 bits per heavy atom. The van der Waals surface area contributed by atoms with Crippen LogP contribution in [0.15, 0.2) is 23.1 Å². The van der Waals surface area contributed by atoms with Gasteiger partial charge >= 0.3 is 0 Å². The van der Waals surface area contributed by atoms with Crippen molar-refractivity contribution >= 4 is 28.3 Å². The summed E-state index contributed by atoms with van der Waals surface area (Å²) in [5.41, 5.74) is 0.234. The molecule has 0 aromatic heterocycles. The molecule has 1 amide bonds. The van der Waals surface area contributed by atoms with Gasteiger partial charge < -0.3 is 15.4 Å². The van der Waals surface area contributed by atoms with Crippen LogP contribution in [0.3, 0.4) is 0 Å². The van der Waals surface area contributed by atoms with Crippen LogP contribution in [0.25, 0.3) is 0 Å². The Morgan fingerprint density at radius 3 is 2.44 bits per heavy atom. The number of hydrogen-bond donors (Lipinski definition) is 2. The molecule has 1 saturated heterocycles. The highest BCUT2D eigenvalue weighted by molar-refractivity contribution is 7.89. The maximum absolute atomic E-state index is 12.6. The molecule has 142 valence electrons. The average Bonchev–Trinajstić information content (AvgIpc) is 2.53. The Morgan fingerprint density at radius 1 is 1.32 bits per heavy atom. The van der Waals surface area contributed by atoms with Crippen molar-refractivity contribution in [2.24, 2.45) is 5.92 Å². The molecule has 25 heavy (non-hydrogen) atoms. The van der Waals surface area contributed by atoms with E-state index in [4.69, 9.17) is 4.74 Å². The Hall–Kier alpha value is -1.35. The lowest BCUT2D eigenvalue weighted by molar-refractivity contribution is 0.0939. The minimum atomic E-state index is -3.62. The zero-order chi connectivity index (χ0) is 17.7. The molecule has 0 bridgehead atoms. The topological polar surface area (TPSA) is 87.7 Å². The molecule has 2 rings (SSSR count). The molecule has 1 aliphatic heterocycles.